The first kappa shape index (κ1) is 9.67. The number of nitrogens with zero attached hydrogens (tertiary/aromatic N) is 1. The fourth-order valence-electron chi connectivity index (χ4n) is 0.822. The topological polar surface area (TPSA) is 59.1 Å². The summed E-state index contributed by atoms with van der Waals surface area (Å²) in [5, 5.41) is 2.79. The highest BCUT2D eigenvalue weighted by atomic mass is 35.5. The molecular formula is C8H7ClN2O2. The Hall–Kier alpha value is -1.42. The summed E-state index contributed by atoms with van der Waals surface area (Å²) < 4.78 is 0. The molecule has 4 nitrogen and oxygen atoms in total. The third-order valence-electron chi connectivity index (χ3n) is 1.23. The number of amides is 1. The van der Waals surface area contributed by atoms with Gasteiger partial charge in [-0.3, -0.25) is 9.59 Å². The minimum atomic E-state index is -0.258. The average Bonchev–Trinajstić information content (AvgIpc) is 2.01. The zero-order valence-electron chi connectivity index (χ0n) is 6.87. The van der Waals surface area contributed by atoms with Crippen LogP contribution in [0.4, 0.5) is 5.82 Å². The molecule has 0 bridgehead atoms. The van der Waals surface area contributed by atoms with Gasteiger partial charge in [0.05, 0.1) is 0 Å². The quantitative estimate of drug-likeness (QED) is 0.733. The zero-order chi connectivity index (χ0) is 9.84. The van der Waals surface area contributed by atoms with E-state index in [2.05, 4.69) is 10.3 Å². The predicted octanol–water partition coefficient (Wildman–Crippen LogP) is 1.51. The number of halogens is 1. The van der Waals surface area contributed by atoms with Crippen LogP contribution >= 0.6 is 11.6 Å². The molecule has 1 aromatic heterocycles. The van der Waals surface area contributed by atoms with E-state index in [0.29, 0.717) is 11.3 Å². The highest BCUT2D eigenvalue weighted by Crippen LogP contribution is 2.14. The summed E-state index contributed by atoms with van der Waals surface area (Å²) >= 11 is 5.66. The molecule has 0 aliphatic carbocycles. The van der Waals surface area contributed by atoms with E-state index in [1.807, 2.05) is 0 Å². The van der Waals surface area contributed by atoms with Crippen molar-refractivity contribution in [2.45, 2.75) is 6.92 Å². The van der Waals surface area contributed by atoms with Crippen LogP contribution in [0, 0.1) is 0 Å². The summed E-state index contributed by atoms with van der Waals surface area (Å²) in [5.74, 6) is 0.0220. The number of carbonyl (C=O) groups excluding carboxylic acids is 2. The molecule has 0 radical (unpaired) electrons. The summed E-state index contributed by atoms with van der Waals surface area (Å²) in [6.45, 7) is 1.35. The highest BCUT2D eigenvalue weighted by molar-refractivity contribution is 6.31. The molecule has 13 heavy (non-hydrogen) atoms. The van der Waals surface area contributed by atoms with Crippen molar-refractivity contribution in [1.29, 1.82) is 0 Å². The summed E-state index contributed by atoms with van der Waals surface area (Å²) in [6, 6.07) is 2.88. The number of nitrogens with one attached hydrogen (secondary N) is 1. The van der Waals surface area contributed by atoms with Crippen molar-refractivity contribution >= 4 is 29.6 Å². The molecule has 1 amide bonds. The predicted molar refractivity (Wildman–Crippen MR) is 48.9 cm³/mol. The molecule has 5 heteroatoms. The lowest BCUT2D eigenvalue weighted by Crippen LogP contribution is -2.08. The van der Waals surface area contributed by atoms with Crippen molar-refractivity contribution in [2.75, 3.05) is 5.32 Å². The first-order valence-electron chi connectivity index (χ1n) is 3.52. The molecule has 0 saturated carbocycles. The summed E-state index contributed by atoms with van der Waals surface area (Å²) in [4.78, 5) is 24.8. The van der Waals surface area contributed by atoms with Gasteiger partial charge in [0.25, 0.3) is 0 Å². The molecule has 0 atom stereocenters. The van der Waals surface area contributed by atoms with E-state index in [1.165, 1.54) is 19.1 Å². The van der Waals surface area contributed by atoms with E-state index in [-0.39, 0.29) is 17.4 Å². The minimum Gasteiger partial charge on any atom is -0.311 e. The molecule has 0 aliphatic heterocycles. The lowest BCUT2D eigenvalue weighted by molar-refractivity contribution is -0.114. The average molecular weight is 199 g/mol. The van der Waals surface area contributed by atoms with Crippen molar-refractivity contribution in [3.05, 3.63) is 22.8 Å². The number of pyridine rings is 1. The second kappa shape index (κ2) is 4.00. The lowest BCUT2D eigenvalue weighted by atomic mass is 10.3. The van der Waals surface area contributed by atoms with Gasteiger partial charge >= 0.3 is 0 Å². The molecule has 1 heterocycles. The van der Waals surface area contributed by atoms with Crippen LogP contribution in [0.15, 0.2) is 12.1 Å². The fourth-order valence-corrected chi connectivity index (χ4v) is 1.04. The van der Waals surface area contributed by atoms with E-state index in [1.54, 1.807) is 0 Å². The molecule has 1 rings (SSSR count). The van der Waals surface area contributed by atoms with Crippen LogP contribution < -0.4 is 5.32 Å². The van der Waals surface area contributed by atoms with E-state index < -0.39 is 0 Å². The van der Waals surface area contributed by atoms with Gasteiger partial charge in [0, 0.05) is 11.9 Å². The first-order valence-corrected chi connectivity index (χ1v) is 3.90. The minimum absolute atomic E-state index is 0.191. The molecule has 1 aromatic rings. The van der Waals surface area contributed by atoms with E-state index in [4.69, 9.17) is 11.6 Å². The van der Waals surface area contributed by atoms with Crippen molar-refractivity contribution in [3.63, 3.8) is 0 Å². The number of rotatable bonds is 2. The SMILES string of the molecule is CC(=O)Nc1cc(Cl)cc(C=O)n1. The van der Waals surface area contributed by atoms with Gasteiger partial charge in [0.2, 0.25) is 5.91 Å². The molecule has 0 aliphatic rings. The number of hydrogen-bond acceptors (Lipinski definition) is 3. The second-order valence-electron chi connectivity index (χ2n) is 2.39. The van der Waals surface area contributed by atoms with Crippen LogP contribution in [-0.2, 0) is 4.79 Å². The van der Waals surface area contributed by atoms with Crippen molar-refractivity contribution < 1.29 is 9.59 Å². The van der Waals surface area contributed by atoms with Crippen molar-refractivity contribution in [2.24, 2.45) is 0 Å². The van der Waals surface area contributed by atoms with E-state index >= 15 is 0 Å². The maximum absolute atomic E-state index is 10.6. The van der Waals surface area contributed by atoms with Crippen LogP contribution in [0.5, 0.6) is 0 Å². The molecule has 1 N–H and O–H groups in total. The van der Waals surface area contributed by atoms with Crippen LogP contribution in [0.3, 0.4) is 0 Å². The normalized spacial score (nSPS) is 9.38. The summed E-state index contributed by atoms with van der Waals surface area (Å²) in [5.41, 5.74) is 0.191. The molecular weight excluding hydrogens is 192 g/mol. The van der Waals surface area contributed by atoms with E-state index in [9.17, 15) is 9.59 Å². The zero-order valence-corrected chi connectivity index (χ0v) is 7.63. The molecule has 0 unspecified atom stereocenters. The van der Waals surface area contributed by atoms with Crippen LogP contribution in [0.25, 0.3) is 0 Å². The molecule has 0 aromatic carbocycles. The fraction of sp³-hybridized carbons (Fsp3) is 0.125. The Morgan fingerprint density at radius 2 is 2.31 bits per heavy atom. The van der Waals surface area contributed by atoms with Gasteiger partial charge in [-0.05, 0) is 12.1 Å². The largest absolute Gasteiger partial charge is 0.311 e. The van der Waals surface area contributed by atoms with Gasteiger partial charge in [-0.25, -0.2) is 4.98 Å². The van der Waals surface area contributed by atoms with Crippen LogP contribution in [0.2, 0.25) is 5.02 Å². The summed E-state index contributed by atoms with van der Waals surface area (Å²) in [6.07, 6.45) is 0.567. The maximum Gasteiger partial charge on any atom is 0.222 e. The lowest BCUT2D eigenvalue weighted by Gasteiger charge is -2.01. The monoisotopic (exact) mass is 198 g/mol. The van der Waals surface area contributed by atoms with Gasteiger partial charge in [-0.1, -0.05) is 11.6 Å². The Morgan fingerprint density at radius 1 is 1.62 bits per heavy atom. The van der Waals surface area contributed by atoms with Gasteiger partial charge in [-0.15, -0.1) is 0 Å². The Bertz CT molecular complexity index is 352. The van der Waals surface area contributed by atoms with Crippen LogP contribution in [-0.4, -0.2) is 17.2 Å². The van der Waals surface area contributed by atoms with Gasteiger partial charge in [-0.2, -0.15) is 0 Å². The standard InChI is InChI=1S/C8H7ClN2O2/c1-5(13)10-8-3-6(9)2-7(4-12)11-8/h2-4H,1H3,(H,10,11,13). The third kappa shape index (κ3) is 2.83. The highest BCUT2D eigenvalue weighted by Gasteiger charge is 2.01. The van der Waals surface area contributed by atoms with E-state index in [0.717, 1.165) is 0 Å². The van der Waals surface area contributed by atoms with Crippen molar-refractivity contribution in [3.8, 4) is 0 Å². The van der Waals surface area contributed by atoms with Gasteiger partial charge < -0.3 is 5.32 Å². The molecule has 0 spiro atoms. The van der Waals surface area contributed by atoms with Crippen molar-refractivity contribution in [1.82, 2.24) is 4.98 Å². The number of aldehydes is 1. The Morgan fingerprint density at radius 3 is 2.85 bits per heavy atom. The Balaban J connectivity index is 3.01. The maximum atomic E-state index is 10.6. The first-order chi connectivity index (χ1) is 6.11. The Labute approximate surface area is 79.9 Å². The van der Waals surface area contributed by atoms with Gasteiger partial charge in [0.1, 0.15) is 11.5 Å². The number of hydrogen-bond donors (Lipinski definition) is 1. The molecule has 0 fully saturated rings. The smallest absolute Gasteiger partial charge is 0.222 e. The second-order valence-corrected chi connectivity index (χ2v) is 2.83. The number of anilines is 1. The third-order valence-corrected chi connectivity index (χ3v) is 1.45. The summed E-state index contributed by atoms with van der Waals surface area (Å²) in [7, 11) is 0. The number of aromatic nitrogens is 1. The molecule has 0 saturated heterocycles. The van der Waals surface area contributed by atoms with Gasteiger partial charge in [0.15, 0.2) is 6.29 Å². The molecule has 68 valence electrons. The van der Waals surface area contributed by atoms with Crippen LogP contribution in [0.1, 0.15) is 17.4 Å². The Kier molecular flexibility index (Phi) is 2.97. The number of carbonyl (C=O) groups is 2.